The van der Waals surface area contributed by atoms with Gasteiger partial charge in [-0.15, -0.1) is 22.7 Å². The van der Waals surface area contributed by atoms with Gasteiger partial charge in [0.05, 0.1) is 21.9 Å². The van der Waals surface area contributed by atoms with Gasteiger partial charge in [-0.3, -0.25) is 10.1 Å². The molecular formula is C12H13N3O2S2. The topological polar surface area (TPSA) is 75.1 Å². The van der Waals surface area contributed by atoms with E-state index in [2.05, 4.69) is 15.3 Å². The molecule has 1 atom stereocenters. The van der Waals surface area contributed by atoms with Crippen LogP contribution in [0.2, 0.25) is 0 Å². The maximum absolute atomic E-state index is 11.2. The van der Waals surface area contributed by atoms with Crippen LogP contribution in [-0.4, -0.2) is 21.0 Å². The molecule has 0 saturated heterocycles. The number of thiazole rings is 2. The van der Waals surface area contributed by atoms with Gasteiger partial charge in [-0.1, -0.05) is 0 Å². The van der Waals surface area contributed by atoms with Crippen LogP contribution in [0.3, 0.4) is 0 Å². The van der Waals surface area contributed by atoms with Crippen LogP contribution in [-0.2, 0) is 11.3 Å². The first-order valence-electron chi connectivity index (χ1n) is 6.02. The molecule has 2 N–H and O–H groups in total. The van der Waals surface area contributed by atoms with E-state index in [1.807, 2.05) is 5.38 Å². The van der Waals surface area contributed by atoms with Gasteiger partial charge >= 0.3 is 5.97 Å². The lowest BCUT2D eigenvalue weighted by atomic mass is 10.2. The molecule has 2 heterocycles. The molecule has 0 aromatic carbocycles. The molecule has 0 radical (unpaired) electrons. The third-order valence-corrected chi connectivity index (χ3v) is 4.64. The van der Waals surface area contributed by atoms with Crippen molar-refractivity contribution in [1.29, 1.82) is 0 Å². The lowest BCUT2D eigenvalue weighted by molar-refractivity contribution is -0.139. The Kier molecular flexibility index (Phi) is 3.58. The minimum Gasteiger partial charge on any atom is -0.480 e. The number of carboxylic acids is 1. The molecule has 7 heteroatoms. The molecule has 0 bridgehead atoms. The summed E-state index contributed by atoms with van der Waals surface area (Å²) in [6.07, 6.45) is 2.47. The normalized spacial score (nSPS) is 16.4. The standard InChI is InChI=1S/C12H13N3O2S2/c16-12(17)10(9-5-18-6-14-9)13-3-8-4-19-11(15-8)7-1-2-7/h4-7,10,13H,1-3H2,(H,16,17). The van der Waals surface area contributed by atoms with E-state index in [1.54, 1.807) is 22.2 Å². The minimum absolute atomic E-state index is 0.456. The van der Waals surface area contributed by atoms with E-state index in [4.69, 9.17) is 0 Å². The molecule has 1 aliphatic carbocycles. The predicted octanol–water partition coefficient (Wildman–Crippen LogP) is 2.39. The number of carboxylic acid groups (broad SMARTS) is 1. The second kappa shape index (κ2) is 5.36. The Morgan fingerprint density at radius 3 is 3.00 bits per heavy atom. The largest absolute Gasteiger partial charge is 0.480 e. The summed E-state index contributed by atoms with van der Waals surface area (Å²) in [5.41, 5.74) is 3.10. The molecule has 0 amide bonds. The van der Waals surface area contributed by atoms with E-state index in [1.165, 1.54) is 29.2 Å². The fraction of sp³-hybridized carbons (Fsp3) is 0.417. The van der Waals surface area contributed by atoms with Crippen molar-refractivity contribution in [3.63, 3.8) is 0 Å². The number of carbonyl (C=O) groups is 1. The summed E-state index contributed by atoms with van der Waals surface area (Å²) in [4.78, 5) is 19.8. The molecule has 1 fully saturated rings. The summed E-state index contributed by atoms with van der Waals surface area (Å²) >= 11 is 3.06. The van der Waals surface area contributed by atoms with Crippen LogP contribution in [0, 0.1) is 0 Å². The Balaban J connectivity index is 1.64. The Bertz CT molecular complexity index is 563. The van der Waals surface area contributed by atoms with Crippen LogP contribution in [0.15, 0.2) is 16.3 Å². The molecule has 0 aliphatic heterocycles. The van der Waals surface area contributed by atoms with Crippen LogP contribution in [0.1, 0.15) is 41.2 Å². The average Bonchev–Trinajstić information content (AvgIpc) is 2.91. The number of nitrogens with one attached hydrogen (secondary N) is 1. The number of rotatable bonds is 6. The number of hydrogen-bond acceptors (Lipinski definition) is 6. The van der Waals surface area contributed by atoms with Crippen molar-refractivity contribution in [2.75, 3.05) is 0 Å². The van der Waals surface area contributed by atoms with Crippen molar-refractivity contribution < 1.29 is 9.90 Å². The smallest absolute Gasteiger partial charge is 0.327 e. The summed E-state index contributed by atoms with van der Waals surface area (Å²) in [6.45, 7) is 0.456. The van der Waals surface area contributed by atoms with E-state index in [0.717, 1.165) is 5.69 Å². The molecule has 100 valence electrons. The molecular weight excluding hydrogens is 282 g/mol. The Morgan fingerprint density at radius 1 is 1.53 bits per heavy atom. The first-order chi connectivity index (χ1) is 9.24. The summed E-state index contributed by atoms with van der Waals surface area (Å²) in [6, 6.07) is -0.766. The monoisotopic (exact) mass is 295 g/mol. The van der Waals surface area contributed by atoms with Crippen molar-refractivity contribution in [2.45, 2.75) is 31.3 Å². The SMILES string of the molecule is O=C(O)C(NCc1csc(C2CC2)n1)c1cscn1. The molecule has 0 spiro atoms. The fourth-order valence-corrected chi connectivity index (χ4v) is 3.38. The molecule has 1 unspecified atom stereocenters. The average molecular weight is 295 g/mol. The first kappa shape index (κ1) is 12.7. The first-order valence-corrected chi connectivity index (χ1v) is 7.85. The second-order valence-electron chi connectivity index (χ2n) is 4.52. The van der Waals surface area contributed by atoms with Gasteiger partial charge in [0, 0.05) is 23.2 Å². The summed E-state index contributed by atoms with van der Waals surface area (Å²) in [5.74, 6) is -0.267. The van der Waals surface area contributed by atoms with Crippen LogP contribution in [0.5, 0.6) is 0 Å². The fourth-order valence-electron chi connectivity index (χ4n) is 1.81. The van der Waals surface area contributed by atoms with Crippen molar-refractivity contribution in [3.05, 3.63) is 32.7 Å². The van der Waals surface area contributed by atoms with Crippen LogP contribution in [0.4, 0.5) is 0 Å². The highest BCUT2D eigenvalue weighted by atomic mass is 32.1. The maximum atomic E-state index is 11.2. The molecule has 1 saturated carbocycles. The van der Waals surface area contributed by atoms with Gasteiger partial charge < -0.3 is 5.11 Å². The molecule has 5 nitrogen and oxygen atoms in total. The highest BCUT2D eigenvalue weighted by molar-refractivity contribution is 7.09. The minimum atomic E-state index is -0.913. The highest BCUT2D eigenvalue weighted by Gasteiger charge is 2.27. The van der Waals surface area contributed by atoms with Crippen LogP contribution in [0.25, 0.3) is 0 Å². The summed E-state index contributed by atoms with van der Waals surface area (Å²) < 4.78 is 0. The van der Waals surface area contributed by atoms with Gasteiger partial charge in [0.25, 0.3) is 0 Å². The summed E-state index contributed by atoms with van der Waals surface area (Å²) in [7, 11) is 0. The van der Waals surface area contributed by atoms with E-state index in [-0.39, 0.29) is 0 Å². The zero-order chi connectivity index (χ0) is 13.2. The third kappa shape index (κ3) is 2.99. The quantitative estimate of drug-likeness (QED) is 0.856. The number of hydrogen-bond donors (Lipinski definition) is 2. The molecule has 19 heavy (non-hydrogen) atoms. The number of aromatic nitrogens is 2. The lowest BCUT2D eigenvalue weighted by Gasteiger charge is -2.10. The van der Waals surface area contributed by atoms with Gasteiger partial charge in [-0.2, -0.15) is 0 Å². The van der Waals surface area contributed by atoms with Gasteiger partial charge in [-0.25, -0.2) is 9.97 Å². The van der Waals surface area contributed by atoms with Crippen LogP contribution < -0.4 is 5.32 Å². The lowest BCUT2D eigenvalue weighted by Crippen LogP contribution is -2.28. The zero-order valence-corrected chi connectivity index (χ0v) is 11.7. The third-order valence-electron chi connectivity index (χ3n) is 2.98. The summed E-state index contributed by atoms with van der Waals surface area (Å²) in [5, 5.41) is 17.1. The Hall–Kier alpha value is -1.31. The molecule has 1 aliphatic rings. The maximum Gasteiger partial charge on any atom is 0.327 e. The van der Waals surface area contributed by atoms with Crippen LogP contribution >= 0.6 is 22.7 Å². The Morgan fingerprint density at radius 2 is 2.37 bits per heavy atom. The van der Waals surface area contributed by atoms with E-state index >= 15 is 0 Å². The van der Waals surface area contributed by atoms with Crippen molar-refractivity contribution in [2.24, 2.45) is 0 Å². The molecule has 3 rings (SSSR count). The molecule has 2 aromatic rings. The van der Waals surface area contributed by atoms with E-state index in [9.17, 15) is 9.90 Å². The predicted molar refractivity (Wildman–Crippen MR) is 73.4 cm³/mol. The van der Waals surface area contributed by atoms with Gasteiger partial charge in [-0.05, 0) is 12.8 Å². The number of nitrogens with zero attached hydrogens (tertiary/aromatic N) is 2. The zero-order valence-electron chi connectivity index (χ0n) is 10.1. The Labute approximate surface area is 118 Å². The van der Waals surface area contributed by atoms with E-state index < -0.39 is 12.0 Å². The van der Waals surface area contributed by atoms with Crippen molar-refractivity contribution in [1.82, 2.24) is 15.3 Å². The van der Waals surface area contributed by atoms with Crippen molar-refractivity contribution >= 4 is 28.6 Å². The second-order valence-corrected chi connectivity index (χ2v) is 6.13. The van der Waals surface area contributed by atoms with E-state index in [0.29, 0.717) is 18.2 Å². The van der Waals surface area contributed by atoms with Gasteiger partial charge in [0.2, 0.25) is 0 Å². The van der Waals surface area contributed by atoms with Gasteiger partial charge in [0.15, 0.2) is 0 Å². The van der Waals surface area contributed by atoms with Crippen molar-refractivity contribution in [3.8, 4) is 0 Å². The van der Waals surface area contributed by atoms with Gasteiger partial charge in [0.1, 0.15) is 6.04 Å². The molecule has 2 aromatic heterocycles. The number of aliphatic carboxylic acids is 1. The highest BCUT2D eigenvalue weighted by Crippen LogP contribution is 2.41.